The Morgan fingerprint density at radius 3 is 2.08 bits per heavy atom. The fraction of sp³-hybridized carbons (Fsp3) is 0.451. The first-order valence-electron chi connectivity index (χ1n) is 24.4. The minimum absolute atomic E-state index is 0.0223. The Labute approximate surface area is 465 Å². The Balaban J connectivity index is 0.000000412. The van der Waals surface area contributed by atoms with Crippen molar-refractivity contribution in [1.29, 1.82) is 0 Å². The van der Waals surface area contributed by atoms with Gasteiger partial charge < -0.3 is 49.4 Å². The minimum Gasteiger partial charge on any atom is -0.489 e. The van der Waals surface area contributed by atoms with Gasteiger partial charge in [-0.1, -0.05) is 44.2 Å². The lowest BCUT2D eigenvalue weighted by Gasteiger charge is -2.31. The summed E-state index contributed by atoms with van der Waals surface area (Å²) < 4.78 is 71.7. The Morgan fingerprint density at radius 2 is 1.54 bits per heavy atom. The van der Waals surface area contributed by atoms with Crippen molar-refractivity contribution in [2.75, 3.05) is 61.6 Å². The number of carbonyl (C=O) groups is 3. The van der Waals surface area contributed by atoms with Crippen LogP contribution in [0.15, 0.2) is 76.3 Å². The fourth-order valence-corrected chi connectivity index (χ4v) is 7.67. The summed E-state index contributed by atoms with van der Waals surface area (Å²) in [5.74, 6) is 0.0518. The average molecular weight is 1180 g/mol. The Bertz CT molecular complexity index is 2950. The molecule has 0 aliphatic rings. The number of rotatable bonds is 22. The second kappa shape index (κ2) is 33.1. The van der Waals surface area contributed by atoms with Crippen molar-refractivity contribution in [3.8, 4) is 17.2 Å². The van der Waals surface area contributed by atoms with E-state index in [2.05, 4.69) is 43.9 Å². The average Bonchev–Trinajstić information content (AvgIpc) is 3.39. The molecule has 436 valence electrons. The number of alkyl halides is 4. The molecule has 0 saturated carbocycles. The highest BCUT2D eigenvalue weighted by molar-refractivity contribution is 7.51. The molecule has 0 saturated heterocycles. The largest absolute Gasteiger partial charge is 0.489 e. The predicted octanol–water partition coefficient (Wildman–Crippen LogP) is 7.37. The number of methoxy groups -OCH3 is 2. The second-order valence-electron chi connectivity index (χ2n) is 17.3. The van der Waals surface area contributed by atoms with Gasteiger partial charge in [0.05, 0.1) is 44.0 Å². The van der Waals surface area contributed by atoms with Gasteiger partial charge in [0.15, 0.2) is 6.10 Å². The van der Waals surface area contributed by atoms with Gasteiger partial charge in [0.1, 0.15) is 29.7 Å². The summed E-state index contributed by atoms with van der Waals surface area (Å²) in [6, 6.07) is 18.0. The van der Waals surface area contributed by atoms with E-state index in [0.717, 1.165) is 48.8 Å². The summed E-state index contributed by atoms with van der Waals surface area (Å²) in [7, 11) is -0.241. The van der Waals surface area contributed by atoms with Crippen LogP contribution in [0.2, 0.25) is 5.28 Å². The normalized spacial score (nSPS) is 11.8. The monoisotopic (exact) mass is 1170 g/mol. The molecule has 28 heteroatoms. The number of carbonyl (C=O) groups excluding carboxylic acids is 2. The van der Waals surface area contributed by atoms with E-state index in [0.29, 0.717) is 50.8 Å². The molecule has 5 rings (SSSR count). The van der Waals surface area contributed by atoms with Crippen molar-refractivity contribution in [1.82, 2.24) is 29.4 Å². The Morgan fingerprint density at radius 1 is 0.899 bits per heavy atom. The van der Waals surface area contributed by atoms with E-state index in [9.17, 15) is 41.7 Å². The molecule has 22 nitrogen and oxygen atoms in total. The van der Waals surface area contributed by atoms with Crippen molar-refractivity contribution < 1.29 is 66.0 Å². The van der Waals surface area contributed by atoms with Crippen LogP contribution in [-0.4, -0.2) is 121 Å². The molecule has 0 radical (unpaired) electrons. The molecule has 2 atom stereocenters. The van der Waals surface area contributed by atoms with Crippen LogP contribution >= 0.6 is 30.8 Å². The standard InChI is InChI=1S/C25H25F3N2O6.C15H22ClNO2.C8H14ClN5.C3H8NO5P/c1-5-16-6-7-17(20(12-16)36-15(2)23(32)34-4)14-35-19-10-8-18(9-11-19)30-22(31)13-21(25(26,27)28)29(3)24(30)33;1-5-13-8-6-7-11(2)15(13)17(14(18)9-16)12(3)10-19-4;1-4-10-7-12-6(9)13-8(14-7)11-5(2)3;5-3(6)1-4-2-10(7,8)9/h6-13,15H,5,14H2,1-4H3;6-8,12H,5,9-10H2,1-4H3;5H,4H2,1-3H3,(H2,10,11,12,13,14);4H,1-2H2,(H,5,6)(H2,7,8,9). The molecule has 0 fully saturated rings. The number of esters is 1. The van der Waals surface area contributed by atoms with E-state index in [1.807, 2.05) is 71.9 Å². The highest BCUT2D eigenvalue weighted by atomic mass is 35.5. The first kappa shape index (κ1) is 68.5. The van der Waals surface area contributed by atoms with Crippen molar-refractivity contribution in [2.45, 2.75) is 99.2 Å². The van der Waals surface area contributed by atoms with Crippen LogP contribution in [0.1, 0.15) is 76.4 Å². The van der Waals surface area contributed by atoms with Crippen LogP contribution in [0, 0.1) is 6.92 Å². The first-order valence-corrected chi connectivity index (χ1v) is 27.1. The molecule has 0 spiro atoms. The number of nitrogens with zero attached hydrogens (tertiary/aromatic N) is 6. The zero-order valence-electron chi connectivity index (χ0n) is 45.7. The third-order valence-corrected chi connectivity index (χ3v) is 11.6. The van der Waals surface area contributed by atoms with Crippen molar-refractivity contribution in [2.24, 2.45) is 7.05 Å². The van der Waals surface area contributed by atoms with Crippen LogP contribution < -0.4 is 41.6 Å². The molecule has 2 aromatic heterocycles. The molecule has 79 heavy (non-hydrogen) atoms. The maximum Gasteiger partial charge on any atom is 0.431 e. The van der Waals surface area contributed by atoms with E-state index in [-0.39, 0.29) is 41.4 Å². The fourth-order valence-electron chi connectivity index (χ4n) is 6.98. The molecule has 2 unspecified atom stereocenters. The quantitative estimate of drug-likeness (QED) is 0.0224. The van der Waals surface area contributed by atoms with E-state index >= 15 is 0 Å². The Hall–Kier alpha value is -6.60. The molecule has 0 aliphatic heterocycles. The van der Waals surface area contributed by atoms with Gasteiger partial charge in [-0.25, -0.2) is 14.2 Å². The van der Waals surface area contributed by atoms with Gasteiger partial charge in [-0.3, -0.25) is 28.8 Å². The van der Waals surface area contributed by atoms with Crippen molar-refractivity contribution in [3.05, 3.63) is 121 Å². The molecule has 1 amide bonds. The number of hydrogen-bond acceptors (Lipinski definition) is 16. The maximum atomic E-state index is 13.1. The molecule has 0 bridgehead atoms. The number of hydrogen-bond donors (Lipinski definition) is 6. The number of aryl methyl sites for hydroxylation is 3. The predicted molar refractivity (Wildman–Crippen MR) is 295 cm³/mol. The summed E-state index contributed by atoms with van der Waals surface area (Å²) in [5.41, 5.74) is 1.41. The van der Waals surface area contributed by atoms with Crippen molar-refractivity contribution >= 4 is 66.2 Å². The van der Waals surface area contributed by atoms with Gasteiger partial charge >= 0.3 is 31.4 Å². The highest BCUT2D eigenvalue weighted by Crippen LogP contribution is 2.32. The lowest BCUT2D eigenvalue weighted by atomic mass is 10.0. The van der Waals surface area contributed by atoms with Crippen LogP contribution in [0.3, 0.4) is 0 Å². The maximum absolute atomic E-state index is 13.1. The number of aliphatic carboxylic acids is 1. The van der Waals surface area contributed by atoms with E-state index < -0.39 is 61.6 Å². The van der Waals surface area contributed by atoms with Gasteiger partial charge in [0.2, 0.25) is 23.1 Å². The SMILES string of the molecule is CCNc1nc(Cl)nc(NC(C)C)n1.CCc1ccc(COc2ccc(-n3c(=O)cc(C(F)(F)F)n(C)c3=O)cc2)c(OC(C)C(=O)OC)c1.CCc1cccc(C)c1N(C(=O)CCl)C(C)COC.O=C(O)CNCP(=O)(O)O. The smallest absolute Gasteiger partial charge is 0.431 e. The van der Waals surface area contributed by atoms with E-state index in [1.54, 1.807) is 18.9 Å². The summed E-state index contributed by atoms with van der Waals surface area (Å²) in [5, 5.41) is 16.3. The third-order valence-electron chi connectivity index (χ3n) is 10.6. The lowest BCUT2D eigenvalue weighted by molar-refractivity contribution is -0.148. The van der Waals surface area contributed by atoms with Crippen LogP contribution in [0.25, 0.3) is 5.69 Å². The molecular formula is C51H69Cl2F3N9O13P. The summed E-state index contributed by atoms with van der Waals surface area (Å²) in [6.45, 7) is 16.5. The number of halogens is 5. The molecule has 0 aliphatic carbocycles. The van der Waals surface area contributed by atoms with E-state index in [1.165, 1.54) is 31.4 Å². The number of anilines is 3. The highest BCUT2D eigenvalue weighted by Gasteiger charge is 2.35. The number of aromatic nitrogens is 5. The number of amides is 1. The summed E-state index contributed by atoms with van der Waals surface area (Å²) in [6.07, 6.45) is -4.63. The minimum atomic E-state index is -4.84. The first-order chi connectivity index (χ1) is 37.0. The molecule has 5 aromatic rings. The topological polar surface area (TPSA) is 288 Å². The number of para-hydroxylation sites is 1. The zero-order valence-corrected chi connectivity index (χ0v) is 48.1. The number of ether oxygens (including phenoxy) is 4. The second-order valence-corrected chi connectivity index (χ2v) is 19.5. The number of benzene rings is 3. The third kappa shape index (κ3) is 23.0. The number of nitrogens with one attached hydrogen (secondary N) is 3. The number of carboxylic acid groups (broad SMARTS) is 1. The van der Waals surface area contributed by atoms with Crippen molar-refractivity contribution in [3.63, 3.8) is 0 Å². The van der Waals surface area contributed by atoms with Gasteiger partial charge in [-0.05, 0) is 113 Å². The summed E-state index contributed by atoms with van der Waals surface area (Å²) in [4.78, 5) is 88.6. The van der Waals surface area contributed by atoms with Gasteiger partial charge in [-0.2, -0.15) is 28.1 Å². The van der Waals surface area contributed by atoms with Gasteiger partial charge in [0.25, 0.3) is 5.56 Å². The van der Waals surface area contributed by atoms with Crippen LogP contribution in [0.5, 0.6) is 11.5 Å². The molecule has 2 heterocycles. The van der Waals surface area contributed by atoms with Crippen LogP contribution in [-0.2, 0) is 61.1 Å². The molecule has 3 aromatic carbocycles. The molecule has 6 N–H and O–H groups in total. The van der Waals surface area contributed by atoms with Crippen LogP contribution in [0.4, 0.5) is 30.8 Å². The van der Waals surface area contributed by atoms with E-state index in [4.69, 9.17) is 57.0 Å². The Kier molecular flexibility index (Phi) is 28.7. The summed E-state index contributed by atoms with van der Waals surface area (Å²) >= 11 is 11.5. The van der Waals surface area contributed by atoms with Gasteiger partial charge in [0, 0.05) is 38.4 Å². The van der Waals surface area contributed by atoms with Gasteiger partial charge in [-0.15, -0.1) is 11.6 Å². The zero-order chi connectivity index (χ0) is 59.8. The molecular weight excluding hydrogens is 1110 g/mol. The lowest BCUT2D eigenvalue weighted by Crippen LogP contribution is -2.43. The number of carboxylic acids is 1.